The van der Waals surface area contributed by atoms with Crippen LogP contribution >= 0.6 is 0 Å². The van der Waals surface area contributed by atoms with Gasteiger partial charge in [-0.25, -0.2) is 0 Å². The van der Waals surface area contributed by atoms with Gasteiger partial charge in [-0.3, -0.25) is 14.9 Å². The standard InChI is InChI=1S/C11H15NO2/c13-9-3-4-11(10(14)12-9)6-7-1-2-8(11)5-7/h7-8H,1-6H2,(H,12,13,14). The molecule has 0 aromatic heterocycles. The van der Waals surface area contributed by atoms with E-state index in [2.05, 4.69) is 5.32 Å². The Morgan fingerprint density at radius 3 is 2.71 bits per heavy atom. The van der Waals surface area contributed by atoms with Gasteiger partial charge >= 0.3 is 0 Å². The summed E-state index contributed by atoms with van der Waals surface area (Å²) in [6, 6.07) is 0. The number of piperidine rings is 1. The molecule has 3 atom stereocenters. The van der Waals surface area contributed by atoms with Gasteiger partial charge in [-0.1, -0.05) is 6.42 Å². The van der Waals surface area contributed by atoms with E-state index < -0.39 is 0 Å². The Morgan fingerprint density at radius 1 is 1.29 bits per heavy atom. The summed E-state index contributed by atoms with van der Waals surface area (Å²) in [4.78, 5) is 23.0. The second kappa shape index (κ2) is 2.59. The fourth-order valence-electron chi connectivity index (χ4n) is 3.79. The van der Waals surface area contributed by atoms with E-state index in [9.17, 15) is 9.59 Å². The molecule has 76 valence electrons. The molecule has 1 aliphatic heterocycles. The zero-order valence-corrected chi connectivity index (χ0v) is 8.21. The van der Waals surface area contributed by atoms with Crippen molar-refractivity contribution in [3.05, 3.63) is 0 Å². The first-order chi connectivity index (χ1) is 6.71. The molecule has 3 fully saturated rings. The summed E-state index contributed by atoms with van der Waals surface area (Å²) >= 11 is 0. The van der Waals surface area contributed by atoms with Gasteiger partial charge in [-0.2, -0.15) is 0 Å². The second-order valence-corrected chi connectivity index (χ2v) is 5.11. The summed E-state index contributed by atoms with van der Waals surface area (Å²) in [7, 11) is 0. The van der Waals surface area contributed by atoms with Crippen LogP contribution in [0.3, 0.4) is 0 Å². The lowest BCUT2D eigenvalue weighted by atomic mass is 9.68. The monoisotopic (exact) mass is 193 g/mol. The van der Waals surface area contributed by atoms with Crippen molar-refractivity contribution in [1.82, 2.24) is 5.32 Å². The molecule has 14 heavy (non-hydrogen) atoms. The second-order valence-electron chi connectivity index (χ2n) is 5.11. The van der Waals surface area contributed by atoms with Crippen LogP contribution in [-0.4, -0.2) is 11.8 Å². The lowest BCUT2D eigenvalue weighted by Gasteiger charge is -2.38. The maximum atomic E-state index is 11.9. The SMILES string of the molecule is O=C1CCC2(CC3CCC2C3)C(=O)N1. The number of amides is 2. The molecule has 3 heteroatoms. The maximum absolute atomic E-state index is 11.9. The third-order valence-corrected chi connectivity index (χ3v) is 4.48. The summed E-state index contributed by atoms with van der Waals surface area (Å²) in [5, 5.41) is 2.52. The van der Waals surface area contributed by atoms with E-state index in [0.29, 0.717) is 12.3 Å². The number of imide groups is 1. The number of rotatable bonds is 0. The van der Waals surface area contributed by atoms with Gasteiger partial charge in [0.2, 0.25) is 11.8 Å². The quantitative estimate of drug-likeness (QED) is 0.588. The first-order valence-electron chi connectivity index (χ1n) is 5.55. The molecule has 1 heterocycles. The molecule has 3 nitrogen and oxygen atoms in total. The molecule has 2 saturated carbocycles. The van der Waals surface area contributed by atoms with Gasteiger partial charge in [0.25, 0.3) is 0 Å². The average Bonchev–Trinajstić information content (AvgIpc) is 2.72. The zero-order chi connectivity index (χ0) is 9.76. The van der Waals surface area contributed by atoms with Crippen molar-refractivity contribution in [2.75, 3.05) is 0 Å². The summed E-state index contributed by atoms with van der Waals surface area (Å²) in [6.45, 7) is 0. The van der Waals surface area contributed by atoms with E-state index in [1.54, 1.807) is 0 Å². The van der Waals surface area contributed by atoms with Crippen molar-refractivity contribution in [3.8, 4) is 0 Å². The largest absolute Gasteiger partial charge is 0.296 e. The Kier molecular flexibility index (Phi) is 1.56. The molecule has 1 N–H and O–H groups in total. The van der Waals surface area contributed by atoms with Crippen molar-refractivity contribution < 1.29 is 9.59 Å². The first-order valence-corrected chi connectivity index (χ1v) is 5.55. The van der Waals surface area contributed by atoms with E-state index in [4.69, 9.17) is 0 Å². The molecule has 3 unspecified atom stereocenters. The average molecular weight is 193 g/mol. The predicted molar refractivity (Wildman–Crippen MR) is 50.3 cm³/mol. The Bertz CT molecular complexity index is 312. The number of carbonyl (C=O) groups excluding carboxylic acids is 2. The summed E-state index contributed by atoms with van der Waals surface area (Å²) in [5.74, 6) is 1.28. The molecule has 2 aliphatic carbocycles. The minimum Gasteiger partial charge on any atom is -0.296 e. The van der Waals surface area contributed by atoms with E-state index in [1.165, 1.54) is 19.3 Å². The normalized spacial score (nSPS) is 46.0. The topological polar surface area (TPSA) is 46.2 Å². The molecule has 3 rings (SSSR count). The maximum Gasteiger partial charge on any atom is 0.233 e. The number of hydrogen-bond acceptors (Lipinski definition) is 2. The van der Waals surface area contributed by atoms with Crippen LogP contribution < -0.4 is 5.32 Å². The highest BCUT2D eigenvalue weighted by atomic mass is 16.2. The lowest BCUT2D eigenvalue weighted by molar-refractivity contribution is -0.144. The number of carbonyl (C=O) groups is 2. The fraction of sp³-hybridized carbons (Fsp3) is 0.818. The van der Waals surface area contributed by atoms with Crippen LogP contribution in [0.15, 0.2) is 0 Å². The van der Waals surface area contributed by atoms with Gasteiger partial charge in [-0.15, -0.1) is 0 Å². The van der Waals surface area contributed by atoms with Crippen LogP contribution in [-0.2, 0) is 9.59 Å². The van der Waals surface area contributed by atoms with E-state index in [1.807, 2.05) is 0 Å². The van der Waals surface area contributed by atoms with Gasteiger partial charge in [0, 0.05) is 6.42 Å². The minimum atomic E-state index is -0.142. The molecule has 3 aliphatic rings. The Morgan fingerprint density at radius 2 is 2.14 bits per heavy atom. The van der Waals surface area contributed by atoms with Crippen molar-refractivity contribution in [3.63, 3.8) is 0 Å². The highest BCUT2D eigenvalue weighted by Crippen LogP contribution is 2.58. The summed E-state index contributed by atoms with van der Waals surface area (Å²) in [5.41, 5.74) is -0.142. The van der Waals surface area contributed by atoms with Crippen molar-refractivity contribution in [1.29, 1.82) is 0 Å². The molecule has 0 aromatic rings. The van der Waals surface area contributed by atoms with Gasteiger partial charge in [0.15, 0.2) is 0 Å². The lowest BCUT2D eigenvalue weighted by Crippen LogP contribution is -2.51. The van der Waals surface area contributed by atoms with E-state index >= 15 is 0 Å². The molecular formula is C11H15NO2. The predicted octanol–water partition coefficient (Wildman–Crippen LogP) is 1.23. The van der Waals surface area contributed by atoms with E-state index in [0.717, 1.165) is 18.8 Å². The van der Waals surface area contributed by atoms with Crippen LogP contribution in [0.4, 0.5) is 0 Å². The Balaban J connectivity index is 1.90. The van der Waals surface area contributed by atoms with Gasteiger partial charge in [-0.05, 0) is 37.5 Å². The zero-order valence-electron chi connectivity index (χ0n) is 8.21. The van der Waals surface area contributed by atoms with Crippen molar-refractivity contribution in [2.45, 2.75) is 38.5 Å². The van der Waals surface area contributed by atoms with Gasteiger partial charge < -0.3 is 0 Å². The smallest absolute Gasteiger partial charge is 0.233 e. The highest BCUT2D eigenvalue weighted by molar-refractivity contribution is 6.01. The van der Waals surface area contributed by atoms with Crippen molar-refractivity contribution in [2.24, 2.45) is 17.3 Å². The molecular weight excluding hydrogens is 178 g/mol. The molecule has 1 spiro atoms. The molecule has 0 radical (unpaired) electrons. The third kappa shape index (κ3) is 0.928. The molecule has 2 amide bonds. The van der Waals surface area contributed by atoms with Crippen molar-refractivity contribution >= 4 is 11.8 Å². The minimum absolute atomic E-state index is 0.0287. The fourth-order valence-corrected chi connectivity index (χ4v) is 3.79. The third-order valence-electron chi connectivity index (χ3n) is 4.48. The highest BCUT2D eigenvalue weighted by Gasteiger charge is 2.56. The number of nitrogens with one attached hydrogen (secondary N) is 1. The Hall–Kier alpha value is -0.860. The van der Waals surface area contributed by atoms with E-state index in [-0.39, 0.29) is 17.2 Å². The Labute approximate surface area is 83.2 Å². The molecule has 2 bridgehead atoms. The van der Waals surface area contributed by atoms with Crippen LogP contribution in [0.2, 0.25) is 0 Å². The van der Waals surface area contributed by atoms with Gasteiger partial charge in [0.1, 0.15) is 0 Å². The number of fused-ring (bicyclic) bond motifs is 3. The molecule has 1 saturated heterocycles. The number of hydrogen-bond donors (Lipinski definition) is 1. The summed E-state index contributed by atoms with van der Waals surface area (Å²) in [6.07, 6.45) is 6.12. The van der Waals surface area contributed by atoms with Crippen LogP contribution in [0.1, 0.15) is 38.5 Å². The van der Waals surface area contributed by atoms with Gasteiger partial charge in [0.05, 0.1) is 5.41 Å². The first kappa shape index (κ1) is 8.45. The molecule has 0 aromatic carbocycles. The summed E-state index contributed by atoms with van der Waals surface area (Å²) < 4.78 is 0. The van der Waals surface area contributed by atoms with Crippen LogP contribution in [0.5, 0.6) is 0 Å². The van der Waals surface area contributed by atoms with Crippen LogP contribution in [0, 0.1) is 17.3 Å². The van der Waals surface area contributed by atoms with Crippen LogP contribution in [0.25, 0.3) is 0 Å².